The second-order valence-corrected chi connectivity index (χ2v) is 5.41. The molecule has 22 heavy (non-hydrogen) atoms. The van der Waals surface area contributed by atoms with Crippen LogP contribution in [-0.2, 0) is 0 Å². The number of ether oxygens (including phenoxy) is 1. The van der Waals surface area contributed by atoms with E-state index in [9.17, 15) is 4.79 Å². The van der Waals surface area contributed by atoms with Crippen molar-refractivity contribution in [2.75, 3.05) is 7.11 Å². The maximum Gasteiger partial charge on any atom is 0.339 e. The lowest BCUT2D eigenvalue weighted by Crippen LogP contribution is -2.02. The minimum absolute atomic E-state index is 0.175. The summed E-state index contributed by atoms with van der Waals surface area (Å²) < 4.78 is 6.87. The second-order valence-electron chi connectivity index (χ2n) is 4.58. The topological polar surface area (TPSA) is 77.2 Å². The largest absolute Gasteiger partial charge is 0.496 e. The zero-order valence-electron chi connectivity index (χ0n) is 12.0. The van der Waals surface area contributed by atoms with Crippen LogP contribution in [0.15, 0.2) is 35.8 Å². The number of benzene rings is 1. The fourth-order valence-electron chi connectivity index (χ4n) is 2.15. The molecule has 0 amide bonds. The van der Waals surface area contributed by atoms with Gasteiger partial charge in [0.05, 0.1) is 24.7 Å². The van der Waals surface area contributed by atoms with Crippen LogP contribution in [0.3, 0.4) is 0 Å². The number of nitrogens with zero attached hydrogens (tertiary/aromatic N) is 3. The highest BCUT2D eigenvalue weighted by Crippen LogP contribution is 2.31. The van der Waals surface area contributed by atoms with Crippen molar-refractivity contribution >= 4 is 17.3 Å². The number of hydrogen-bond donors (Lipinski definition) is 1. The lowest BCUT2D eigenvalue weighted by molar-refractivity contribution is 0.0696. The van der Waals surface area contributed by atoms with E-state index in [4.69, 9.17) is 9.84 Å². The number of carboxylic acids is 1. The van der Waals surface area contributed by atoms with E-state index in [-0.39, 0.29) is 5.56 Å². The summed E-state index contributed by atoms with van der Waals surface area (Å²) in [7, 11) is 1.61. The normalized spacial score (nSPS) is 10.6. The van der Waals surface area contributed by atoms with Crippen molar-refractivity contribution in [1.82, 2.24) is 14.8 Å². The molecule has 3 rings (SSSR count). The van der Waals surface area contributed by atoms with E-state index in [1.807, 2.05) is 29.6 Å². The van der Waals surface area contributed by atoms with Gasteiger partial charge in [-0.15, -0.1) is 11.3 Å². The molecule has 2 heterocycles. The molecule has 0 aliphatic carbocycles. The standard InChI is InChI=1S/C15H13N3O3S/c1-9-11(14(19)20)7-16-18(9)15-17-12(8-22-15)10-5-3-4-6-13(10)21-2/h3-8H,1-2H3,(H,19,20). The average Bonchev–Trinajstić information content (AvgIpc) is 3.13. The Bertz CT molecular complexity index is 838. The van der Waals surface area contributed by atoms with Gasteiger partial charge in [-0.05, 0) is 19.1 Å². The SMILES string of the molecule is COc1ccccc1-c1csc(-n2ncc(C(=O)O)c2C)n1. The smallest absolute Gasteiger partial charge is 0.339 e. The van der Waals surface area contributed by atoms with Gasteiger partial charge in [-0.2, -0.15) is 5.10 Å². The molecule has 1 aromatic carbocycles. The van der Waals surface area contributed by atoms with Gasteiger partial charge in [0.25, 0.3) is 0 Å². The number of aromatic nitrogens is 3. The number of carbonyl (C=O) groups is 1. The molecule has 1 N–H and O–H groups in total. The lowest BCUT2D eigenvalue weighted by Gasteiger charge is -2.05. The van der Waals surface area contributed by atoms with Crippen molar-refractivity contribution in [2.45, 2.75) is 6.92 Å². The molecule has 2 aromatic heterocycles. The van der Waals surface area contributed by atoms with Gasteiger partial charge in [0.1, 0.15) is 11.3 Å². The minimum Gasteiger partial charge on any atom is -0.496 e. The number of methoxy groups -OCH3 is 1. The fourth-order valence-corrected chi connectivity index (χ4v) is 2.99. The molecular weight excluding hydrogens is 302 g/mol. The van der Waals surface area contributed by atoms with E-state index < -0.39 is 5.97 Å². The number of para-hydroxylation sites is 1. The summed E-state index contributed by atoms with van der Waals surface area (Å²) in [5.74, 6) is -0.256. The molecule has 0 spiro atoms. The Balaban J connectivity index is 2.03. The third kappa shape index (κ3) is 2.35. The van der Waals surface area contributed by atoms with E-state index >= 15 is 0 Å². The Kier molecular flexibility index (Phi) is 3.64. The van der Waals surface area contributed by atoms with E-state index in [1.165, 1.54) is 22.2 Å². The van der Waals surface area contributed by atoms with Crippen LogP contribution in [0.5, 0.6) is 5.75 Å². The molecule has 0 atom stereocenters. The lowest BCUT2D eigenvalue weighted by atomic mass is 10.1. The Hall–Kier alpha value is -2.67. The zero-order chi connectivity index (χ0) is 15.7. The van der Waals surface area contributed by atoms with Crippen molar-refractivity contribution in [1.29, 1.82) is 0 Å². The molecule has 6 nitrogen and oxygen atoms in total. The first-order valence-electron chi connectivity index (χ1n) is 6.49. The predicted octanol–water partition coefficient (Wildman–Crippen LogP) is 3.01. The molecule has 0 radical (unpaired) electrons. The molecule has 0 saturated heterocycles. The third-order valence-corrected chi connectivity index (χ3v) is 4.11. The summed E-state index contributed by atoms with van der Waals surface area (Å²) in [6.07, 6.45) is 1.34. The summed E-state index contributed by atoms with van der Waals surface area (Å²) in [6, 6.07) is 7.61. The van der Waals surface area contributed by atoms with E-state index in [2.05, 4.69) is 10.1 Å². The van der Waals surface area contributed by atoms with Crippen LogP contribution in [0.2, 0.25) is 0 Å². The van der Waals surface area contributed by atoms with Crippen molar-refractivity contribution in [3.05, 3.63) is 47.1 Å². The van der Waals surface area contributed by atoms with Crippen LogP contribution in [0.1, 0.15) is 16.1 Å². The van der Waals surface area contributed by atoms with Gasteiger partial charge in [0, 0.05) is 10.9 Å². The molecule has 0 bridgehead atoms. The summed E-state index contributed by atoms with van der Waals surface area (Å²) in [5, 5.41) is 15.7. The summed E-state index contributed by atoms with van der Waals surface area (Å²) >= 11 is 1.40. The van der Waals surface area contributed by atoms with Gasteiger partial charge in [-0.25, -0.2) is 14.5 Å². The summed E-state index contributed by atoms with van der Waals surface area (Å²) in [6.45, 7) is 1.71. The molecule has 0 fully saturated rings. The van der Waals surface area contributed by atoms with Crippen molar-refractivity contribution in [2.24, 2.45) is 0 Å². The van der Waals surface area contributed by atoms with E-state index in [1.54, 1.807) is 14.0 Å². The van der Waals surface area contributed by atoms with Crippen LogP contribution in [0.4, 0.5) is 0 Å². The quantitative estimate of drug-likeness (QED) is 0.801. The maximum atomic E-state index is 11.1. The van der Waals surface area contributed by atoms with Crippen LogP contribution in [-0.4, -0.2) is 33.0 Å². The summed E-state index contributed by atoms with van der Waals surface area (Å²) in [4.78, 5) is 15.6. The Morgan fingerprint density at radius 3 is 2.82 bits per heavy atom. The van der Waals surface area contributed by atoms with Gasteiger partial charge in [0.2, 0.25) is 5.13 Å². The van der Waals surface area contributed by atoms with Gasteiger partial charge in [-0.3, -0.25) is 0 Å². The van der Waals surface area contributed by atoms with Gasteiger partial charge >= 0.3 is 5.97 Å². The highest BCUT2D eigenvalue weighted by molar-refractivity contribution is 7.12. The Labute approximate surface area is 130 Å². The molecule has 7 heteroatoms. The number of aromatic carboxylic acids is 1. The van der Waals surface area contributed by atoms with Gasteiger partial charge in [0.15, 0.2) is 0 Å². The van der Waals surface area contributed by atoms with Crippen molar-refractivity contribution in [3.63, 3.8) is 0 Å². The van der Waals surface area contributed by atoms with Crippen LogP contribution in [0, 0.1) is 6.92 Å². The van der Waals surface area contributed by atoms with E-state index in [0.717, 1.165) is 17.0 Å². The number of thiazole rings is 1. The Morgan fingerprint density at radius 1 is 1.36 bits per heavy atom. The predicted molar refractivity (Wildman–Crippen MR) is 82.9 cm³/mol. The number of carboxylic acid groups (broad SMARTS) is 1. The molecule has 0 unspecified atom stereocenters. The fraction of sp³-hybridized carbons (Fsp3) is 0.133. The van der Waals surface area contributed by atoms with Gasteiger partial charge in [-0.1, -0.05) is 12.1 Å². The molecule has 3 aromatic rings. The first-order valence-corrected chi connectivity index (χ1v) is 7.37. The van der Waals surface area contributed by atoms with Crippen molar-refractivity contribution < 1.29 is 14.6 Å². The molecule has 0 aliphatic heterocycles. The van der Waals surface area contributed by atoms with Crippen LogP contribution in [0.25, 0.3) is 16.4 Å². The molecule has 0 aliphatic rings. The average molecular weight is 315 g/mol. The number of hydrogen-bond acceptors (Lipinski definition) is 5. The third-order valence-electron chi connectivity index (χ3n) is 3.30. The molecule has 112 valence electrons. The maximum absolute atomic E-state index is 11.1. The second kappa shape index (κ2) is 5.61. The molecule has 0 saturated carbocycles. The van der Waals surface area contributed by atoms with E-state index in [0.29, 0.717) is 10.8 Å². The minimum atomic E-state index is -0.995. The van der Waals surface area contributed by atoms with Gasteiger partial charge < -0.3 is 9.84 Å². The summed E-state index contributed by atoms with van der Waals surface area (Å²) in [5.41, 5.74) is 2.38. The van der Waals surface area contributed by atoms with Crippen LogP contribution < -0.4 is 4.74 Å². The molecular formula is C15H13N3O3S. The van der Waals surface area contributed by atoms with Crippen molar-refractivity contribution in [3.8, 4) is 22.1 Å². The monoisotopic (exact) mass is 315 g/mol. The first-order chi connectivity index (χ1) is 10.6. The Morgan fingerprint density at radius 2 is 2.14 bits per heavy atom. The zero-order valence-corrected chi connectivity index (χ0v) is 12.8. The first kappa shape index (κ1) is 14.3. The highest BCUT2D eigenvalue weighted by atomic mass is 32.1. The highest BCUT2D eigenvalue weighted by Gasteiger charge is 2.17. The van der Waals surface area contributed by atoms with Crippen LogP contribution >= 0.6 is 11.3 Å². The number of rotatable bonds is 4.